The monoisotopic (exact) mass is 307 g/mol. The predicted molar refractivity (Wildman–Crippen MR) is 88.3 cm³/mol. The number of thioether (sulfide) groups is 1. The van der Waals surface area contributed by atoms with Crippen molar-refractivity contribution in [2.75, 3.05) is 26.0 Å². The molecule has 3 unspecified atom stereocenters. The van der Waals surface area contributed by atoms with Crippen LogP contribution in [0.1, 0.15) is 36.9 Å². The van der Waals surface area contributed by atoms with Crippen LogP contribution < -0.4 is 10.1 Å². The van der Waals surface area contributed by atoms with Gasteiger partial charge in [-0.1, -0.05) is 13.0 Å². The van der Waals surface area contributed by atoms with E-state index in [0.29, 0.717) is 17.4 Å². The van der Waals surface area contributed by atoms with Crippen LogP contribution in [0.15, 0.2) is 18.2 Å². The first kappa shape index (κ1) is 15.2. The number of ether oxygens (including phenoxy) is 2. The molecule has 3 atom stereocenters. The summed E-state index contributed by atoms with van der Waals surface area (Å²) in [5.41, 5.74) is 2.88. The number of rotatable bonds is 6. The van der Waals surface area contributed by atoms with Crippen LogP contribution in [0, 0.1) is 0 Å². The minimum atomic E-state index is 0.437. The number of nitrogens with one attached hydrogen (secondary N) is 1. The normalized spacial score (nSPS) is 27.8. The lowest BCUT2D eigenvalue weighted by Gasteiger charge is -2.22. The molecule has 0 amide bonds. The van der Waals surface area contributed by atoms with E-state index in [-0.39, 0.29) is 0 Å². The third-order valence-electron chi connectivity index (χ3n) is 4.43. The van der Waals surface area contributed by atoms with Gasteiger partial charge in [0, 0.05) is 23.7 Å². The lowest BCUT2D eigenvalue weighted by Crippen LogP contribution is -2.28. The first-order valence-corrected chi connectivity index (χ1v) is 9.00. The maximum absolute atomic E-state index is 5.76. The molecule has 1 saturated heterocycles. The number of fused-ring (bicyclic) bond motifs is 1. The van der Waals surface area contributed by atoms with Crippen LogP contribution in [-0.4, -0.2) is 37.4 Å². The fraction of sp³-hybridized carbons (Fsp3) is 0.647. The van der Waals surface area contributed by atoms with E-state index in [1.54, 1.807) is 7.11 Å². The SMILES string of the molecule is CCNC1c2cc(OC)ccc2CC1SCC1CCCO1. The molecule has 21 heavy (non-hydrogen) atoms. The molecule has 1 aromatic rings. The molecule has 1 aromatic carbocycles. The van der Waals surface area contributed by atoms with Crippen molar-refractivity contribution in [3.63, 3.8) is 0 Å². The summed E-state index contributed by atoms with van der Waals surface area (Å²) in [6.45, 7) is 4.13. The molecular formula is C17H25NO2S. The standard InChI is InChI=1S/C17H25NO2S/c1-3-18-17-15-10-13(19-2)7-6-12(15)9-16(17)21-11-14-5-4-8-20-14/h6-7,10,14,16-18H,3-5,8-9,11H2,1-2H3. The molecule has 0 saturated carbocycles. The molecule has 1 heterocycles. The van der Waals surface area contributed by atoms with E-state index in [1.165, 1.54) is 24.0 Å². The van der Waals surface area contributed by atoms with Gasteiger partial charge in [0.15, 0.2) is 0 Å². The lowest BCUT2D eigenvalue weighted by molar-refractivity contribution is 0.128. The fourth-order valence-electron chi connectivity index (χ4n) is 3.33. The molecule has 2 aliphatic rings. The topological polar surface area (TPSA) is 30.5 Å². The van der Waals surface area contributed by atoms with Crippen LogP contribution in [-0.2, 0) is 11.2 Å². The Hall–Kier alpha value is -0.710. The molecule has 1 aliphatic carbocycles. The summed E-state index contributed by atoms with van der Waals surface area (Å²) in [4.78, 5) is 0. The van der Waals surface area contributed by atoms with Crippen LogP contribution in [0.4, 0.5) is 0 Å². The zero-order valence-electron chi connectivity index (χ0n) is 12.9. The first-order chi connectivity index (χ1) is 10.3. The van der Waals surface area contributed by atoms with Crippen molar-refractivity contribution in [3.8, 4) is 5.75 Å². The van der Waals surface area contributed by atoms with Crippen LogP contribution in [0.3, 0.4) is 0 Å². The molecule has 0 radical (unpaired) electrons. The van der Waals surface area contributed by atoms with Crippen LogP contribution in [0.25, 0.3) is 0 Å². The molecule has 0 aromatic heterocycles. The van der Waals surface area contributed by atoms with Crippen molar-refractivity contribution in [1.29, 1.82) is 0 Å². The Bertz CT molecular complexity index is 474. The number of methoxy groups -OCH3 is 1. The highest BCUT2D eigenvalue weighted by Crippen LogP contribution is 2.40. The van der Waals surface area contributed by atoms with Gasteiger partial charge in [0.2, 0.25) is 0 Å². The molecular weight excluding hydrogens is 282 g/mol. The summed E-state index contributed by atoms with van der Waals surface area (Å²) in [6.07, 6.45) is 4.07. The Labute approximate surface area is 131 Å². The van der Waals surface area contributed by atoms with Crippen molar-refractivity contribution < 1.29 is 9.47 Å². The molecule has 1 fully saturated rings. The Kier molecular flexibility index (Phi) is 5.09. The van der Waals surface area contributed by atoms with Crippen molar-refractivity contribution >= 4 is 11.8 Å². The highest BCUT2D eigenvalue weighted by molar-refractivity contribution is 8.00. The van der Waals surface area contributed by atoms with Crippen molar-refractivity contribution in [3.05, 3.63) is 29.3 Å². The number of hydrogen-bond acceptors (Lipinski definition) is 4. The van der Waals surface area contributed by atoms with Gasteiger partial charge in [-0.25, -0.2) is 0 Å². The van der Waals surface area contributed by atoms with E-state index in [0.717, 1.165) is 31.1 Å². The highest BCUT2D eigenvalue weighted by atomic mass is 32.2. The van der Waals surface area contributed by atoms with Gasteiger partial charge in [-0.3, -0.25) is 0 Å². The summed E-state index contributed by atoms with van der Waals surface area (Å²) >= 11 is 2.07. The second-order valence-corrected chi connectivity index (χ2v) is 7.08. The molecule has 1 aliphatic heterocycles. The molecule has 3 nitrogen and oxygen atoms in total. The lowest BCUT2D eigenvalue weighted by atomic mass is 10.1. The second kappa shape index (κ2) is 7.03. The van der Waals surface area contributed by atoms with E-state index in [4.69, 9.17) is 9.47 Å². The van der Waals surface area contributed by atoms with E-state index in [2.05, 4.69) is 42.2 Å². The second-order valence-electron chi connectivity index (χ2n) is 5.81. The van der Waals surface area contributed by atoms with Gasteiger partial charge in [-0.2, -0.15) is 11.8 Å². The van der Waals surface area contributed by atoms with Crippen molar-refractivity contribution in [2.24, 2.45) is 0 Å². The van der Waals surface area contributed by atoms with Gasteiger partial charge < -0.3 is 14.8 Å². The molecule has 3 rings (SSSR count). The Morgan fingerprint density at radius 2 is 2.33 bits per heavy atom. The smallest absolute Gasteiger partial charge is 0.119 e. The Morgan fingerprint density at radius 3 is 3.05 bits per heavy atom. The average molecular weight is 307 g/mol. The third kappa shape index (κ3) is 3.38. The molecule has 0 bridgehead atoms. The summed E-state index contributed by atoms with van der Waals surface area (Å²) in [5.74, 6) is 2.08. The van der Waals surface area contributed by atoms with E-state index < -0.39 is 0 Å². The van der Waals surface area contributed by atoms with Gasteiger partial charge in [0.05, 0.1) is 13.2 Å². The minimum Gasteiger partial charge on any atom is -0.497 e. The summed E-state index contributed by atoms with van der Waals surface area (Å²) < 4.78 is 11.1. The van der Waals surface area contributed by atoms with Gasteiger partial charge in [-0.15, -0.1) is 0 Å². The van der Waals surface area contributed by atoms with Crippen molar-refractivity contribution in [2.45, 2.75) is 43.6 Å². The summed E-state index contributed by atoms with van der Waals surface area (Å²) in [6, 6.07) is 6.95. The molecule has 1 N–H and O–H groups in total. The van der Waals surface area contributed by atoms with Gasteiger partial charge in [-0.05, 0) is 49.1 Å². The summed E-state index contributed by atoms with van der Waals surface area (Å²) in [7, 11) is 1.74. The maximum atomic E-state index is 5.76. The van der Waals surface area contributed by atoms with Gasteiger partial charge in [0.25, 0.3) is 0 Å². The molecule has 4 heteroatoms. The molecule has 116 valence electrons. The number of benzene rings is 1. The zero-order valence-corrected chi connectivity index (χ0v) is 13.7. The van der Waals surface area contributed by atoms with E-state index in [9.17, 15) is 0 Å². The number of hydrogen-bond donors (Lipinski definition) is 1. The van der Waals surface area contributed by atoms with Gasteiger partial charge >= 0.3 is 0 Å². The fourth-order valence-corrected chi connectivity index (χ4v) is 4.79. The van der Waals surface area contributed by atoms with E-state index in [1.807, 2.05) is 0 Å². The minimum absolute atomic E-state index is 0.437. The zero-order chi connectivity index (χ0) is 14.7. The first-order valence-electron chi connectivity index (χ1n) is 7.95. The Balaban J connectivity index is 1.69. The maximum Gasteiger partial charge on any atom is 0.119 e. The van der Waals surface area contributed by atoms with Gasteiger partial charge in [0.1, 0.15) is 5.75 Å². The molecule has 0 spiro atoms. The summed E-state index contributed by atoms with van der Waals surface area (Å²) in [5, 5.41) is 4.27. The Morgan fingerprint density at radius 1 is 1.43 bits per heavy atom. The van der Waals surface area contributed by atoms with Crippen LogP contribution in [0.2, 0.25) is 0 Å². The van der Waals surface area contributed by atoms with Crippen molar-refractivity contribution in [1.82, 2.24) is 5.32 Å². The third-order valence-corrected chi connectivity index (χ3v) is 5.86. The average Bonchev–Trinajstić information content (AvgIpc) is 3.13. The van der Waals surface area contributed by atoms with E-state index >= 15 is 0 Å². The predicted octanol–water partition coefficient (Wildman–Crippen LogP) is 3.18. The van der Waals surface area contributed by atoms with Crippen LogP contribution >= 0.6 is 11.8 Å². The van der Waals surface area contributed by atoms with Crippen LogP contribution in [0.5, 0.6) is 5.75 Å². The highest BCUT2D eigenvalue weighted by Gasteiger charge is 2.33. The quantitative estimate of drug-likeness (QED) is 0.874. The largest absolute Gasteiger partial charge is 0.497 e.